The second kappa shape index (κ2) is 6.71. The van der Waals surface area contributed by atoms with Gasteiger partial charge in [0.25, 0.3) is 5.91 Å². The molecule has 18 heavy (non-hydrogen) atoms. The molecule has 1 aromatic rings. The van der Waals surface area contributed by atoms with Gasteiger partial charge in [0.15, 0.2) is 0 Å². The van der Waals surface area contributed by atoms with Crippen LogP contribution >= 0.6 is 0 Å². The minimum Gasteiger partial charge on any atom is -0.299 e. The molecule has 96 valence electrons. The van der Waals surface area contributed by atoms with E-state index in [0.29, 0.717) is 18.4 Å². The average molecular weight is 246 g/mol. The van der Waals surface area contributed by atoms with E-state index in [2.05, 4.69) is 0 Å². The maximum Gasteiger partial charge on any atom is 0.268 e. The third-order valence-corrected chi connectivity index (χ3v) is 2.56. The highest BCUT2D eigenvalue weighted by molar-refractivity contribution is 5.98. The molecular weight excluding hydrogens is 228 g/mol. The van der Waals surface area contributed by atoms with Crippen molar-refractivity contribution in [1.82, 2.24) is 10.0 Å². The van der Waals surface area contributed by atoms with Crippen LogP contribution in [0.1, 0.15) is 22.8 Å². The summed E-state index contributed by atoms with van der Waals surface area (Å²) in [5, 5.41) is 3.39. The highest BCUT2D eigenvalue weighted by atomic mass is 16.2. The molecule has 0 saturated heterocycles. The first kappa shape index (κ1) is 14.1. The molecule has 0 aromatic heterocycles. The first-order chi connectivity index (χ1) is 8.61. The van der Waals surface area contributed by atoms with Crippen molar-refractivity contribution >= 4 is 18.3 Å². The molecule has 4 nitrogen and oxygen atoms in total. The van der Waals surface area contributed by atoms with Gasteiger partial charge in [0.2, 0.25) is 0 Å². The lowest BCUT2D eigenvalue weighted by Crippen LogP contribution is -2.41. The number of carbonyl (C=O) groups is 2. The van der Waals surface area contributed by atoms with E-state index in [1.54, 1.807) is 22.2 Å². The van der Waals surface area contributed by atoms with Gasteiger partial charge in [-0.2, -0.15) is 0 Å². The standard InChI is InChI=1S/C14H18N2O2/c1-4-16(15(2)3)14(18)13-10-6-5-8-12(13)9-7-11-17/h5-11H,4H2,1-3H3/b9-7+. The fourth-order valence-electron chi connectivity index (χ4n) is 1.73. The summed E-state index contributed by atoms with van der Waals surface area (Å²) < 4.78 is 0. The summed E-state index contributed by atoms with van der Waals surface area (Å²) in [6, 6.07) is 7.23. The highest BCUT2D eigenvalue weighted by Crippen LogP contribution is 2.14. The maximum atomic E-state index is 12.4. The van der Waals surface area contributed by atoms with E-state index in [-0.39, 0.29) is 5.91 Å². The summed E-state index contributed by atoms with van der Waals surface area (Å²) in [4.78, 5) is 22.7. The van der Waals surface area contributed by atoms with Gasteiger partial charge in [0.1, 0.15) is 6.29 Å². The van der Waals surface area contributed by atoms with E-state index in [0.717, 1.165) is 5.56 Å². The quantitative estimate of drug-likeness (QED) is 0.452. The minimum atomic E-state index is -0.0753. The Balaban J connectivity index is 3.12. The second-order valence-corrected chi connectivity index (χ2v) is 3.95. The number of carbonyl (C=O) groups excluding carboxylic acids is 2. The lowest BCUT2D eigenvalue weighted by molar-refractivity contribution is -0.104. The summed E-state index contributed by atoms with van der Waals surface area (Å²) in [6.07, 6.45) is 3.73. The van der Waals surface area contributed by atoms with Gasteiger partial charge in [-0.1, -0.05) is 24.3 Å². The van der Waals surface area contributed by atoms with Crippen LogP contribution in [0.2, 0.25) is 0 Å². The molecule has 1 aromatic carbocycles. The van der Waals surface area contributed by atoms with Crippen LogP contribution < -0.4 is 0 Å². The first-order valence-electron chi connectivity index (χ1n) is 5.81. The molecule has 4 heteroatoms. The molecule has 0 atom stereocenters. The molecule has 1 rings (SSSR count). The van der Waals surface area contributed by atoms with Gasteiger partial charge in [0.05, 0.1) is 0 Å². The Hall–Kier alpha value is -1.94. The average Bonchev–Trinajstić information content (AvgIpc) is 2.37. The molecule has 0 aliphatic rings. The van der Waals surface area contributed by atoms with Gasteiger partial charge in [-0.3, -0.25) is 14.6 Å². The molecule has 0 radical (unpaired) electrons. The minimum absolute atomic E-state index is 0.0753. The Morgan fingerprint density at radius 2 is 1.94 bits per heavy atom. The molecule has 0 saturated carbocycles. The fourth-order valence-corrected chi connectivity index (χ4v) is 1.73. The van der Waals surface area contributed by atoms with E-state index in [1.165, 1.54) is 6.08 Å². The fraction of sp³-hybridized carbons (Fsp3) is 0.286. The van der Waals surface area contributed by atoms with E-state index in [9.17, 15) is 9.59 Å². The first-order valence-corrected chi connectivity index (χ1v) is 5.81. The SMILES string of the molecule is CCN(C(=O)c1ccccc1/C=C/C=O)N(C)C. The Labute approximate surface area is 107 Å². The van der Waals surface area contributed by atoms with Crippen molar-refractivity contribution in [3.8, 4) is 0 Å². The van der Waals surface area contributed by atoms with Gasteiger partial charge < -0.3 is 0 Å². The van der Waals surface area contributed by atoms with Crippen LogP contribution in [0.5, 0.6) is 0 Å². The van der Waals surface area contributed by atoms with Crippen LogP contribution in [0.4, 0.5) is 0 Å². The van der Waals surface area contributed by atoms with Crippen molar-refractivity contribution < 1.29 is 9.59 Å². The third kappa shape index (κ3) is 3.28. The normalized spacial score (nSPS) is 10.9. The molecule has 0 N–H and O–H groups in total. The van der Waals surface area contributed by atoms with Gasteiger partial charge in [0, 0.05) is 26.2 Å². The summed E-state index contributed by atoms with van der Waals surface area (Å²) in [7, 11) is 3.65. The molecule has 0 fully saturated rings. The van der Waals surface area contributed by atoms with Crippen molar-refractivity contribution in [2.24, 2.45) is 0 Å². The number of aldehydes is 1. The van der Waals surface area contributed by atoms with Crippen LogP contribution in [0.25, 0.3) is 6.08 Å². The smallest absolute Gasteiger partial charge is 0.268 e. The van der Waals surface area contributed by atoms with E-state index in [4.69, 9.17) is 0 Å². The number of benzene rings is 1. The number of hydrogen-bond acceptors (Lipinski definition) is 3. The van der Waals surface area contributed by atoms with Gasteiger partial charge in [-0.15, -0.1) is 0 Å². The zero-order valence-electron chi connectivity index (χ0n) is 11.0. The molecule has 0 aliphatic heterocycles. The van der Waals surface area contributed by atoms with Crippen molar-refractivity contribution in [3.05, 3.63) is 41.5 Å². The predicted octanol–water partition coefficient (Wildman–Crippen LogP) is 1.84. The predicted molar refractivity (Wildman–Crippen MR) is 71.9 cm³/mol. The van der Waals surface area contributed by atoms with E-state index < -0.39 is 0 Å². The number of allylic oxidation sites excluding steroid dienone is 1. The largest absolute Gasteiger partial charge is 0.299 e. The number of hydrazine groups is 1. The molecular formula is C14H18N2O2. The van der Waals surface area contributed by atoms with Gasteiger partial charge >= 0.3 is 0 Å². The van der Waals surface area contributed by atoms with Crippen molar-refractivity contribution in [1.29, 1.82) is 0 Å². The Bertz CT molecular complexity index is 453. The van der Waals surface area contributed by atoms with Crippen molar-refractivity contribution in [2.75, 3.05) is 20.6 Å². The molecule has 0 unspecified atom stereocenters. The number of amides is 1. The van der Waals surface area contributed by atoms with Crippen molar-refractivity contribution in [3.63, 3.8) is 0 Å². The monoisotopic (exact) mass is 246 g/mol. The number of rotatable bonds is 5. The van der Waals surface area contributed by atoms with Crippen LogP contribution in [-0.4, -0.2) is 42.9 Å². The van der Waals surface area contributed by atoms with Crippen LogP contribution in [0.3, 0.4) is 0 Å². The maximum absolute atomic E-state index is 12.4. The molecule has 1 amide bonds. The van der Waals surface area contributed by atoms with Crippen molar-refractivity contribution in [2.45, 2.75) is 6.92 Å². The Kier molecular flexibility index (Phi) is 5.27. The zero-order chi connectivity index (χ0) is 13.5. The van der Waals surface area contributed by atoms with Crippen LogP contribution in [0, 0.1) is 0 Å². The van der Waals surface area contributed by atoms with Crippen LogP contribution in [0.15, 0.2) is 30.3 Å². The topological polar surface area (TPSA) is 40.6 Å². The Morgan fingerprint density at radius 1 is 1.28 bits per heavy atom. The van der Waals surface area contributed by atoms with E-state index >= 15 is 0 Å². The molecule has 0 bridgehead atoms. The van der Waals surface area contributed by atoms with E-state index in [1.807, 2.05) is 39.2 Å². The summed E-state index contributed by atoms with van der Waals surface area (Å²) in [6.45, 7) is 2.51. The van der Waals surface area contributed by atoms with Gasteiger partial charge in [-0.05, 0) is 24.6 Å². The van der Waals surface area contributed by atoms with Gasteiger partial charge in [-0.25, -0.2) is 5.01 Å². The Morgan fingerprint density at radius 3 is 2.50 bits per heavy atom. The number of hydrogen-bond donors (Lipinski definition) is 0. The lowest BCUT2D eigenvalue weighted by atomic mass is 10.1. The zero-order valence-corrected chi connectivity index (χ0v) is 11.0. The lowest BCUT2D eigenvalue weighted by Gasteiger charge is -2.28. The number of nitrogens with zero attached hydrogens (tertiary/aromatic N) is 2. The molecule has 0 heterocycles. The summed E-state index contributed by atoms with van der Waals surface area (Å²) >= 11 is 0. The summed E-state index contributed by atoms with van der Waals surface area (Å²) in [5.41, 5.74) is 1.33. The molecule has 0 aliphatic carbocycles. The highest BCUT2D eigenvalue weighted by Gasteiger charge is 2.17. The third-order valence-electron chi connectivity index (χ3n) is 2.56. The summed E-state index contributed by atoms with van der Waals surface area (Å²) in [5.74, 6) is -0.0753. The second-order valence-electron chi connectivity index (χ2n) is 3.95. The van der Waals surface area contributed by atoms with Crippen LogP contribution in [-0.2, 0) is 4.79 Å². The molecule has 0 spiro atoms.